The minimum absolute atomic E-state index is 0.250. The fraction of sp³-hybridized carbons (Fsp3) is 0.100. The van der Waals surface area contributed by atoms with Crippen LogP contribution in [0.2, 0.25) is 0 Å². The van der Waals surface area contributed by atoms with Crippen molar-refractivity contribution in [1.82, 2.24) is 9.97 Å². The molecule has 0 saturated carbocycles. The first-order valence-corrected chi connectivity index (χ1v) is 5.85. The minimum Gasteiger partial charge on any atom is -0.240 e. The Labute approximate surface area is 99.6 Å². The zero-order valence-corrected chi connectivity index (χ0v) is 10.0. The fourth-order valence-electron chi connectivity index (χ4n) is 1.14. The van der Waals surface area contributed by atoms with Gasteiger partial charge in [0, 0.05) is 6.20 Å². The first-order valence-electron chi connectivity index (χ1n) is 4.24. The van der Waals surface area contributed by atoms with E-state index in [9.17, 15) is 0 Å². The standard InChI is InChI=1S/C10H6BrN3S/c11-9-2-1-8(15-9)7-4-6-13-10(14-7)3-5-12/h1-2,4,6H,3H2. The van der Waals surface area contributed by atoms with Gasteiger partial charge in [-0.1, -0.05) is 0 Å². The summed E-state index contributed by atoms with van der Waals surface area (Å²) in [5.41, 5.74) is 0.867. The van der Waals surface area contributed by atoms with Gasteiger partial charge in [0.15, 0.2) is 0 Å². The summed E-state index contributed by atoms with van der Waals surface area (Å²) in [5, 5.41) is 8.55. The van der Waals surface area contributed by atoms with E-state index in [0.717, 1.165) is 14.4 Å². The molecule has 2 rings (SSSR count). The Hall–Kier alpha value is -1.25. The summed E-state index contributed by atoms with van der Waals surface area (Å²) in [5.74, 6) is 0.569. The summed E-state index contributed by atoms with van der Waals surface area (Å²) >= 11 is 5.01. The zero-order chi connectivity index (χ0) is 10.7. The Morgan fingerprint density at radius 3 is 2.93 bits per heavy atom. The van der Waals surface area contributed by atoms with Crippen LogP contribution >= 0.6 is 27.3 Å². The maximum atomic E-state index is 8.55. The Kier molecular flexibility index (Phi) is 3.09. The second-order valence-corrected chi connectivity index (χ2v) is 5.26. The molecule has 0 saturated heterocycles. The maximum absolute atomic E-state index is 8.55. The molecule has 0 aliphatic heterocycles. The van der Waals surface area contributed by atoms with Crippen LogP contribution in [0.25, 0.3) is 10.6 Å². The molecule has 74 valence electrons. The van der Waals surface area contributed by atoms with Gasteiger partial charge in [-0.05, 0) is 34.1 Å². The lowest BCUT2D eigenvalue weighted by atomic mass is 10.3. The highest BCUT2D eigenvalue weighted by atomic mass is 79.9. The topological polar surface area (TPSA) is 49.6 Å². The smallest absolute Gasteiger partial charge is 0.143 e. The molecule has 0 aliphatic carbocycles. The quantitative estimate of drug-likeness (QED) is 0.849. The molecule has 15 heavy (non-hydrogen) atoms. The lowest BCUT2D eigenvalue weighted by molar-refractivity contribution is 1.00. The van der Waals surface area contributed by atoms with Crippen LogP contribution in [0.1, 0.15) is 5.82 Å². The van der Waals surface area contributed by atoms with Crippen LogP contribution < -0.4 is 0 Å². The van der Waals surface area contributed by atoms with Gasteiger partial charge in [-0.25, -0.2) is 9.97 Å². The lowest BCUT2D eigenvalue weighted by Crippen LogP contribution is -1.93. The van der Waals surface area contributed by atoms with Gasteiger partial charge in [-0.3, -0.25) is 0 Å². The van der Waals surface area contributed by atoms with E-state index in [0.29, 0.717) is 5.82 Å². The van der Waals surface area contributed by atoms with Crippen molar-refractivity contribution >= 4 is 27.3 Å². The highest BCUT2D eigenvalue weighted by Gasteiger charge is 2.04. The van der Waals surface area contributed by atoms with Gasteiger partial charge < -0.3 is 0 Å². The lowest BCUT2D eigenvalue weighted by Gasteiger charge is -1.97. The van der Waals surface area contributed by atoms with E-state index in [1.54, 1.807) is 17.5 Å². The molecule has 2 heterocycles. The molecule has 2 aromatic rings. The minimum atomic E-state index is 0.250. The average molecular weight is 280 g/mol. The van der Waals surface area contributed by atoms with Crippen molar-refractivity contribution in [2.75, 3.05) is 0 Å². The number of hydrogen-bond acceptors (Lipinski definition) is 4. The average Bonchev–Trinajstić information content (AvgIpc) is 2.66. The summed E-state index contributed by atoms with van der Waals surface area (Å²) in [6, 6.07) is 7.85. The molecule has 0 N–H and O–H groups in total. The van der Waals surface area contributed by atoms with Crippen LogP contribution in [0.4, 0.5) is 0 Å². The van der Waals surface area contributed by atoms with Gasteiger partial charge in [-0.15, -0.1) is 11.3 Å². The second kappa shape index (κ2) is 4.51. The van der Waals surface area contributed by atoms with Gasteiger partial charge in [0.25, 0.3) is 0 Å². The molecule has 0 unspecified atom stereocenters. The summed E-state index contributed by atoms with van der Waals surface area (Å²) in [4.78, 5) is 9.40. The highest BCUT2D eigenvalue weighted by Crippen LogP contribution is 2.29. The van der Waals surface area contributed by atoms with Crippen LogP contribution in [-0.2, 0) is 6.42 Å². The molecular formula is C10H6BrN3S. The van der Waals surface area contributed by atoms with Crippen molar-refractivity contribution in [3.05, 3.63) is 34.0 Å². The molecule has 5 heteroatoms. The number of nitrogens with zero attached hydrogens (tertiary/aromatic N) is 3. The van der Waals surface area contributed by atoms with Gasteiger partial charge in [0.1, 0.15) is 5.82 Å². The van der Waals surface area contributed by atoms with Gasteiger partial charge in [0.05, 0.1) is 26.8 Å². The van der Waals surface area contributed by atoms with Crippen molar-refractivity contribution in [1.29, 1.82) is 5.26 Å². The van der Waals surface area contributed by atoms with E-state index in [-0.39, 0.29) is 6.42 Å². The molecule has 0 fully saturated rings. The number of aromatic nitrogens is 2. The molecule has 0 amide bonds. The summed E-state index contributed by atoms with van der Waals surface area (Å²) in [6.45, 7) is 0. The summed E-state index contributed by atoms with van der Waals surface area (Å²) in [6.07, 6.45) is 1.93. The fourth-order valence-corrected chi connectivity index (χ4v) is 2.50. The Morgan fingerprint density at radius 1 is 1.40 bits per heavy atom. The van der Waals surface area contributed by atoms with Gasteiger partial charge in [-0.2, -0.15) is 5.26 Å². The SMILES string of the molecule is N#CCc1nccc(-c2ccc(Br)s2)n1. The maximum Gasteiger partial charge on any atom is 0.143 e. The van der Waals surface area contributed by atoms with Gasteiger partial charge in [0.2, 0.25) is 0 Å². The second-order valence-electron chi connectivity index (χ2n) is 2.80. The Bertz CT molecular complexity index is 515. The molecular weight excluding hydrogens is 274 g/mol. The van der Waals surface area contributed by atoms with E-state index in [4.69, 9.17) is 5.26 Å². The molecule has 0 aliphatic rings. The number of halogens is 1. The first kappa shape index (κ1) is 10.3. The zero-order valence-electron chi connectivity index (χ0n) is 7.64. The molecule has 0 radical (unpaired) electrons. The van der Waals surface area contributed by atoms with Crippen molar-refractivity contribution in [3.63, 3.8) is 0 Å². The van der Waals surface area contributed by atoms with E-state index in [2.05, 4.69) is 25.9 Å². The number of hydrogen-bond donors (Lipinski definition) is 0. The van der Waals surface area contributed by atoms with Gasteiger partial charge >= 0.3 is 0 Å². The van der Waals surface area contributed by atoms with Crippen LogP contribution in [0.3, 0.4) is 0 Å². The highest BCUT2D eigenvalue weighted by molar-refractivity contribution is 9.11. The van der Waals surface area contributed by atoms with E-state index in [1.807, 2.05) is 24.3 Å². The van der Waals surface area contributed by atoms with Crippen LogP contribution in [0.15, 0.2) is 28.2 Å². The van der Waals surface area contributed by atoms with Crippen molar-refractivity contribution in [2.24, 2.45) is 0 Å². The number of thiophene rings is 1. The van der Waals surface area contributed by atoms with Crippen molar-refractivity contribution in [3.8, 4) is 16.6 Å². The normalized spacial score (nSPS) is 9.87. The van der Waals surface area contributed by atoms with Crippen LogP contribution in [-0.4, -0.2) is 9.97 Å². The summed E-state index contributed by atoms with van der Waals surface area (Å²) in [7, 11) is 0. The largest absolute Gasteiger partial charge is 0.240 e. The van der Waals surface area contributed by atoms with E-state index < -0.39 is 0 Å². The molecule has 0 bridgehead atoms. The van der Waals surface area contributed by atoms with E-state index in [1.165, 1.54) is 0 Å². The predicted octanol–water partition coefficient (Wildman–Crippen LogP) is 3.03. The first-order chi connectivity index (χ1) is 7.29. The number of rotatable bonds is 2. The molecule has 0 atom stereocenters. The molecule has 3 nitrogen and oxygen atoms in total. The van der Waals surface area contributed by atoms with Crippen LogP contribution in [0, 0.1) is 11.3 Å². The Balaban J connectivity index is 2.37. The third-order valence-corrected chi connectivity index (χ3v) is 3.41. The van der Waals surface area contributed by atoms with E-state index >= 15 is 0 Å². The monoisotopic (exact) mass is 279 g/mol. The van der Waals surface area contributed by atoms with Crippen molar-refractivity contribution in [2.45, 2.75) is 6.42 Å². The third kappa shape index (κ3) is 2.41. The Morgan fingerprint density at radius 2 is 2.27 bits per heavy atom. The van der Waals surface area contributed by atoms with Crippen molar-refractivity contribution < 1.29 is 0 Å². The molecule has 0 aromatic carbocycles. The van der Waals surface area contributed by atoms with Crippen LogP contribution in [0.5, 0.6) is 0 Å². The molecule has 0 spiro atoms. The molecule has 2 aromatic heterocycles. The number of nitriles is 1. The third-order valence-electron chi connectivity index (χ3n) is 1.77. The summed E-state index contributed by atoms with van der Waals surface area (Å²) < 4.78 is 1.07. The predicted molar refractivity (Wildman–Crippen MR) is 62.4 cm³/mol.